The van der Waals surface area contributed by atoms with Crippen LogP contribution >= 0.6 is 0 Å². The van der Waals surface area contributed by atoms with E-state index >= 15 is 0 Å². The van der Waals surface area contributed by atoms with Gasteiger partial charge in [0, 0.05) is 6.54 Å². The second kappa shape index (κ2) is 8.14. The van der Waals surface area contributed by atoms with Crippen molar-refractivity contribution in [1.82, 2.24) is 0 Å². The monoisotopic (exact) mass is 287 g/mol. The summed E-state index contributed by atoms with van der Waals surface area (Å²) < 4.78 is 33.7. The Labute approximate surface area is 114 Å². The van der Waals surface area contributed by atoms with E-state index in [0.29, 0.717) is 18.9 Å². The SMILES string of the molecule is Cc1ccc(OCCS(=O)(=O)CCOCCN)cc1. The summed E-state index contributed by atoms with van der Waals surface area (Å²) in [6.45, 7) is 3.11. The van der Waals surface area contributed by atoms with Crippen LogP contribution in [0, 0.1) is 6.92 Å². The first-order valence-corrected chi connectivity index (χ1v) is 8.03. The molecule has 0 aliphatic carbocycles. The number of hydrogen-bond acceptors (Lipinski definition) is 5. The van der Waals surface area contributed by atoms with Crippen molar-refractivity contribution in [3.8, 4) is 5.75 Å². The molecule has 0 aliphatic heterocycles. The Morgan fingerprint density at radius 2 is 1.68 bits per heavy atom. The smallest absolute Gasteiger partial charge is 0.155 e. The van der Waals surface area contributed by atoms with Gasteiger partial charge in [-0.25, -0.2) is 8.42 Å². The van der Waals surface area contributed by atoms with Crippen molar-refractivity contribution >= 4 is 9.84 Å². The molecule has 0 spiro atoms. The molecule has 108 valence electrons. The molecule has 2 N–H and O–H groups in total. The van der Waals surface area contributed by atoms with Gasteiger partial charge in [-0.05, 0) is 19.1 Å². The van der Waals surface area contributed by atoms with Gasteiger partial charge in [0.05, 0.1) is 24.7 Å². The van der Waals surface area contributed by atoms with Gasteiger partial charge in [-0.15, -0.1) is 0 Å². The molecular formula is C13H21NO4S. The number of ether oxygens (including phenoxy) is 2. The van der Waals surface area contributed by atoms with Crippen molar-refractivity contribution in [3.63, 3.8) is 0 Å². The molecule has 1 rings (SSSR count). The molecule has 1 aromatic rings. The maximum atomic E-state index is 11.6. The van der Waals surface area contributed by atoms with Crippen LogP contribution in [0.5, 0.6) is 5.75 Å². The van der Waals surface area contributed by atoms with Crippen molar-refractivity contribution in [2.45, 2.75) is 6.92 Å². The van der Waals surface area contributed by atoms with Gasteiger partial charge in [-0.1, -0.05) is 17.7 Å². The lowest BCUT2D eigenvalue weighted by Gasteiger charge is -2.07. The summed E-state index contributed by atoms with van der Waals surface area (Å²) in [6.07, 6.45) is 0. The van der Waals surface area contributed by atoms with Crippen LogP contribution in [0.15, 0.2) is 24.3 Å². The fraction of sp³-hybridized carbons (Fsp3) is 0.538. The lowest BCUT2D eigenvalue weighted by Crippen LogP contribution is -2.21. The van der Waals surface area contributed by atoms with Gasteiger partial charge in [-0.3, -0.25) is 0 Å². The Morgan fingerprint density at radius 3 is 2.32 bits per heavy atom. The molecule has 0 fully saturated rings. The van der Waals surface area contributed by atoms with Crippen LogP contribution in [0.3, 0.4) is 0 Å². The second-order valence-electron chi connectivity index (χ2n) is 4.21. The predicted octanol–water partition coefficient (Wildman–Crippen LogP) is 0.764. The number of hydrogen-bond donors (Lipinski definition) is 1. The average Bonchev–Trinajstić information content (AvgIpc) is 2.37. The van der Waals surface area contributed by atoms with E-state index in [9.17, 15) is 8.42 Å². The minimum atomic E-state index is -3.13. The van der Waals surface area contributed by atoms with E-state index in [2.05, 4.69) is 0 Å². The van der Waals surface area contributed by atoms with Crippen LogP contribution in [0.25, 0.3) is 0 Å². The molecule has 0 atom stereocenters. The van der Waals surface area contributed by atoms with Crippen molar-refractivity contribution in [1.29, 1.82) is 0 Å². The van der Waals surface area contributed by atoms with Crippen LogP contribution in [-0.4, -0.2) is 46.3 Å². The lowest BCUT2D eigenvalue weighted by atomic mass is 10.2. The predicted molar refractivity (Wildman–Crippen MR) is 75.2 cm³/mol. The molecule has 0 radical (unpaired) electrons. The largest absolute Gasteiger partial charge is 0.493 e. The molecule has 0 amide bonds. The van der Waals surface area contributed by atoms with Crippen molar-refractivity contribution < 1.29 is 17.9 Å². The molecule has 5 nitrogen and oxygen atoms in total. The molecular weight excluding hydrogens is 266 g/mol. The second-order valence-corrected chi connectivity index (χ2v) is 6.52. The highest BCUT2D eigenvalue weighted by atomic mass is 32.2. The summed E-state index contributed by atoms with van der Waals surface area (Å²) in [7, 11) is -3.13. The first-order valence-electron chi connectivity index (χ1n) is 6.21. The van der Waals surface area contributed by atoms with Gasteiger partial charge in [0.15, 0.2) is 9.84 Å². The zero-order valence-electron chi connectivity index (χ0n) is 11.2. The Morgan fingerprint density at radius 1 is 1.05 bits per heavy atom. The maximum Gasteiger partial charge on any atom is 0.155 e. The van der Waals surface area contributed by atoms with Crippen LogP contribution in [0.2, 0.25) is 0 Å². The number of nitrogens with two attached hydrogens (primary N) is 1. The zero-order chi connectivity index (χ0) is 14.1. The Kier molecular flexibility index (Phi) is 6.83. The van der Waals surface area contributed by atoms with E-state index in [1.165, 1.54) is 0 Å². The summed E-state index contributed by atoms with van der Waals surface area (Å²) in [4.78, 5) is 0. The van der Waals surface area contributed by atoms with Gasteiger partial charge >= 0.3 is 0 Å². The summed E-state index contributed by atoms with van der Waals surface area (Å²) in [5, 5.41) is 0. The number of aryl methyl sites for hydroxylation is 1. The lowest BCUT2D eigenvalue weighted by molar-refractivity contribution is 0.157. The van der Waals surface area contributed by atoms with Crippen LogP contribution < -0.4 is 10.5 Å². The Balaban J connectivity index is 2.25. The van der Waals surface area contributed by atoms with Crippen molar-refractivity contribution in [2.24, 2.45) is 5.73 Å². The van der Waals surface area contributed by atoms with E-state index in [4.69, 9.17) is 15.2 Å². The first-order chi connectivity index (χ1) is 9.03. The maximum absolute atomic E-state index is 11.6. The molecule has 0 bridgehead atoms. The van der Waals surface area contributed by atoms with E-state index in [-0.39, 0.29) is 24.7 Å². The topological polar surface area (TPSA) is 78.6 Å². The summed E-state index contributed by atoms with van der Waals surface area (Å²) >= 11 is 0. The molecule has 0 unspecified atom stereocenters. The Hall–Kier alpha value is -1.11. The van der Waals surface area contributed by atoms with Gasteiger partial charge in [-0.2, -0.15) is 0 Å². The normalized spacial score (nSPS) is 11.5. The van der Waals surface area contributed by atoms with E-state index < -0.39 is 9.84 Å². The molecule has 0 heterocycles. The van der Waals surface area contributed by atoms with Gasteiger partial charge in [0.2, 0.25) is 0 Å². The van der Waals surface area contributed by atoms with E-state index in [1.54, 1.807) is 0 Å². The van der Waals surface area contributed by atoms with E-state index in [0.717, 1.165) is 5.56 Å². The van der Waals surface area contributed by atoms with Crippen LogP contribution in [0.4, 0.5) is 0 Å². The summed E-state index contributed by atoms with van der Waals surface area (Å²) in [6, 6.07) is 7.49. The van der Waals surface area contributed by atoms with Crippen molar-refractivity contribution in [3.05, 3.63) is 29.8 Å². The fourth-order valence-corrected chi connectivity index (χ4v) is 2.31. The number of sulfone groups is 1. The molecule has 0 saturated carbocycles. The Bertz CT molecular complexity index is 456. The zero-order valence-corrected chi connectivity index (χ0v) is 12.0. The average molecular weight is 287 g/mol. The third-order valence-electron chi connectivity index (χ3n) is 2.48. The highest BCUT2D eigenvalue weighted by Gasteiger charge is 2.10. The van der Waals surface area contributed by atoms with Gasteiger partial charge in [0.1, 0.15) is 12.4 Å². The molecule has 0 aromatic heterocycles. The standard InChI is InChI=1S/C13H21NO4S/c1-12-2-4-13(5-3-12)18-9-11-19(15,16)10-8-17-7-6-14/h2-5H,6-11,14H2,1H3. The summed E-state index contributed by atoms with van der Waals surface area (Å²) in [5.74, 6) is 0.678. The van der Waals surface area contributed by atoms with Crippen molar-refractivity contribution in [2.75, 3.05) is 37.9 Å². The van der Waals surface area contributed by atoms with Gasteiger partial charge in [0.25, 0.3) is 0 Å². The number of rotatable bonds is 9. The summed E-state index contributed by atoms with van der Waals surface area (Å²) in [5.41, 5.74) is 6.38. The molecule has 19 heavy (non-hydrogen) atoms. The third-order valence-corrected chi connectivity index (χ3v) is 4.06. The minimum Gasteiger partial charge on any atom is -0.493 e. The minimum absolute atomic E-state index is 0.00422. The highest BCUT2D eigenvalue weighted by Crippen LogP contribution is 2.11. The molecule has 1 aromatic carbocycles. The fourth-order valence-electron chi connectivity index (χ4n) is 1.39. The molecule has 0 aliphatic rings. The van der Waals surface area contributed by atoms with Crippen LogP contribution in [0.1, 0.15) is 5.56 Å². The first kappa shape index (κ1) is 15.9. The van der Waals surface area contributed by atoms with Crippen LogP contribution in [-0.2, 0) is 14.6 Å². The van der Waals surface area contributed by atoms with E-state index in [1.807, 2.05) is 31.2 Å². The third kappa shape index (κ3) is 7.15. The quantitative estimate of drug-likeness (QED) is 0.679. The molecule has 0 saturated heterocycles. The number of benzene rings is 1. The van der Waals surface area contributed by atoms with Gasteiger partial charge < -0.3 is 15.2 Å². The molecule has 6 heteroatoms. The highest BCUT2D eigenvalue weighted by molar-refractivity contribution is 7.91.